The van der Waals surface area contributed by atoms with Crippen LogP contribution >= 0.6 is 11.3 Å². The smallest absolute Gasteiger partial charge is 0.266 e. The molecule has 1 aromatic heterocycles. The summed E-state index contributed by atoms with van der Waals surface area (Å²) in [5.41, 5.74) is 2.08. The second kappa shape index (κ2) is 10.0. The molecule has 0 N–H and O–H groups in total. The molecule has 0 unspecified atom stereocenters. The lowest BCUT2D eigenvalue weighted by atomic mass is 10.2. The predicted octanol–water partition coefficient (Wildman–Crippen LogP) is 3.74. The van der Waals surface area contributed by atoms with E-state index in [2.05, 4.69) is 4.90 Å². The van der Waals surface area contributed by atoms with Crippen molar-refractivity contribution in [1.82, 2.24) is 9.88 Å². The van der Waals surface area contributed by atoms with Crippen LogP contribution in [0.3, 0.4) is 0 Å². The molecule has 158 valence electrons. The fourth-order valence-corrected chi connectivity index (χ4v) is 4.45. The number of carbonyl (C=O) groups is 1. The highest BCUT2D eigenvalue weighted by Crippen LogP contribution is 2.29. The number of morpholine rings is 1. The van der Waals surface area contributed by atoms with E-state index in [0.717, 1.165) is 60.2 Å². The van der Waals surface area contributed by atoms with Gasteiger partial charge in [-0.3, -0.25) is 14.6 Å². The van der Waals surface area contributed by atoms with Crippen molar-refractivity contribution in [2.75, 3.05) is 50.9 Å². The van der Waals surface area contributed by atoms with Gasteiger partial charge in [0, 0.05) is 26.2 Å². The highest BCUT2D eigenvalue weighted by Gasteiger charge is 2.21. The Morgan fingerprint density at radius 1 is 1.17 bits per heavy atom. The fraction of sp³-hybridized carbons (Fsp3) is 0.391. The van der Waals surface area contributed by atoms with Crippen molar-refractivity contribution < 1.29 is 14.3 Å². The number of amides is 1. The zero-order valence-corrected chi connectivity index (χ0v) is 18.1. The van der Waals surface area contributed by atoms with Gasteiger partial charge in [-0.2, -0.15) is 0 Å². The lowest BCUT2D eigenvalue weighted by Crippen LogP contribution is -2.40. The first-order valence-corrected chi connectivity index (χ1v) is 11.2. The van der Waals surface area contributed by atoms with Crippen LogP contribution in [0, 0.1) is 6.92 Å². The Bertz CT molecular complexity index is 934. The summed E-state index contributed by atoms with van der Waals surface area (Å²) in [7, 11) is 0. The standard InChI is InChI=1S/C23H27N3O3S/c1-18-7-9-19(10-8-18)29-17-22(27)26(12-4-11-25-13-15-28-16-14-25)23-24-20-5-2-3-6-21(20)30-23/h2-3,5-10H,4,11-17H2,1H3. The number of thiazole rings is 1. The van der Waals surface area contributed by atoms with Crippen molar-refractivity contribution in [3.63, 3.8) is 0 Å². The number of aryl methyl sites for hydroxylation is 1. The largest absolute Gasteiger partial charge is 0.484 e. The van der Waals surface area contributed by atoms with E-state index >= 15 is 0 Å². The quantitative estimate of drug-likeness (QED) is 0.550. The lowest BCUT2D eigenvalue weighted by molar-refractivity contribution is -0.120. The van der Waals surface area contributed by atoms with Crippen molar-refractivity contribution in [3.8, 4) is 5.75 Å². The van der Waals surface area contributed by atoms with Gasteiger partial charge < -0.3 is 9.47 Å². The monoisotopic (exact) mass is 425 g/mol. The van der Waals surface area contributed by atoms with Gasteiger partial charge in [0.05, 0.1) is 23.4 Å². The summed E-state index contributed by atoms with van der Waals surface area (Å²) in [5.74, 6) is 0.628. The highest BCUT2D eigenvalue weighted by molar-refractivity contribution is 7.22. The zero-order valence-electron chi connectivity index (χ0n) is 17.3. The van der Waals surface area contributed by atoms with E-state index in [0.29, 0.717) is 12.3 Å². The molecular formula is C23H27N3O3S. The first kappa shape index (κ1) is 20.8. The van der Waals surface area contributed by atoms with Crippen molar-refractivity contribution in [2.24, 2.45) is 0 Å². The first-order valence-electron chi connectivity index (χ1n) is 10.3. The molecule has 1 saturated heterocycles. The molecule has 1 aliphatic rings. The van der Waals surface area contributed by atoms with E-state index in [1.807, 2.05) is 55.5 Å². The minimum Gasteiger partial charge on any atom is -0.484 e. The Kier molecular flexibility index (Phi) is 6.94. The van der Waals surface area contributed by atoms with Crippen LogP contribution in [0.15, 0.2) is 48.5 Å². The molecule has 0 spiro atoms. The molecule has 0 aliphatic carbocycles. The Morgan fingerprint density at radius 3 is 2.70 bits per heavy atom. The van der Waals surface area contributed by atoms with Gasteiger partial charge in [0.2, 0.25) is 0 Å². The third-order valence-electron chi connectivity index (χ3n) is 5.16. The summed E-state index contributed by atoms with van der Waals surface area (Å²) in [4.78, 5) is 21.9. The lowest BCUT2D eigenvalue weighted by Gasteiger charge is -2.27. The van der Waals surface area contributed by atoms with E-state index < -0.39 is 0 Å². The Morgan fingerprint density at radius 2 is 1.93 bits per heavy atom. The van der Waals surface area contributed by atoms with E-state index in [1.165, 1.54) is 0 Å². The van der Waals surface area contributed by atoms with Crippen LogP contribution < -0.4 is 9.64 Å². The molecule has 0 bridgehead atoms. The van der Waals surface area contributed by atoms with Crippen molar-refractivity contribution in [2.45, 2.75) is 13.3 Å². The minimum absolute atomic E-state index is 0.00343. The maximum Gasteiger partial charge on any atom is 0.266 e. The maximum absolute atomic E-state index is 13.1. The third-order valence-corrected chi connectivity index (χ3v) is 6.22. The van der Waals surface area contributed by atoms with Gasteiger partial charge in [0.15, 0.2) is 11.7 Å². The number of nitrogens with zero attached hydrogens (tertiary/aromatic N) is 3. The molecule has 6 nitrogen and oxygen atoms in total. The molecule has 7 heteroatoms. The van der Waals surface area contributed by atoms with Gasteiger partial charge in [0.25, 0.3) is 5.91 Å². The van der Waals surface area contributed by atoms with E-state index in [9.17, 15) is 4.79 Å². The molecular weight excluding hydrogens is 398 g/mol. The van der Waals surface area contributed by atoms with Gasteiger partial charge in [-0.25, -0.2) is 4.98 Å². The SMILES string of the molecule is Cc1ccc(OCC(=O)N(CCCN2CCOCC2)c2nc3ccccc3s2)cc1. The maximum atomic E-state index is 13.1. The van der Waals surface area contributed by atoms with Crippen molar-refractivity contribution in [1.29, 1.82) is 0 Å². The number of ether oxygens (including phenoxy) is 2. The summed E-state index contributed by atoms with van der Waals surface area (Å²) >= 11 is 1.55. The van der Waals surface area contributed by atoms with Crippen LogP contribution in [0.25, 0.3) is 10.2 Å². The summed E-state index contributed by atoms with van der Waals surface area (Å²) in [6.07, 6.45) is 0.881. The predicted molar refractivity (Wildman–Crippen MR) is 121 cm³/mol. The fourth-order valence-electron chi connectivity index (χ4n) is 3.44. The summed E-state index contributed by atoms with van der Waals surface area (Å²) in [5, 5.41) is 0.732. The summed E-state index contributed by atoms with van der Waals surface area (Å²) in [6, 6.07) is 15.7. The van der Waals surface area contributed by atoms with Crippen LogP contribution in [0.5, 0.6) is 5.75 Å². The number of rotatable bonds is 8. The number of anilines is 1. The summed E-state index contributed by atoms with van der Waals surface area (Å²) in [6.45, 7) is 7.05. The molecule has 1 fully saturated rings. The number of fused-ring (bicyclic) bond motifs is 1. The zero-order chi connectivity index (χ0) is 20.8. The van der Waals surface area contributed by atoms with Gasteiger partial charge in [-0.15, -0.1) is 0 Å². The molecule has 0 radical (unpaired) electrons. The van der Waals surface area contributed by atoms with E-state index in [-0.39, 0.29) is 12.5 Å². The molecule has 1 aliphatic heterocycles. The highest BCUT2D eigenvalue weighted by atomic mass is 32.1. The molecule has 0 saturated carbocycles. The summed E-state index contributed by atoms with van der Waals surface area (Å²) < 4.78 is 12.3. The number of carbonyl (C=O) groups excluding carboxylic acids is 1. The molecule has 1 amide bonds. The van der Waals surface area contributed by atoms with Crippen LogP contribution in [0.2, 0.25) is 0 Å². The second-order valence-electron chi connectivity index (χ2n) is 7.42. The van der Waals surface area contributed by atoms with Crippen LogP contribution in [-0.2, 0) is 9.53 Å². The number of aromatic nitrogens is 1. The third kappa shape index (κ3) is 5.36. The second-order valence-corrected chi connectivity index (χ2v) is 8.43. The van der Waals surface area contributed by atoms with Gasteiger partial charge in [0.1, 0.15) is 5.75 Å². The van der Waals surface area contributed by atoms with Crippen molar-refractivity contribution >= 4 is 32.6 Å². The molecule has 2 heterocycles. The number of hydrogen-bond donors (Lipinski definition) is 0. The number of hydrogen-bond acceptors (Lipinski definition) is 6. The average molecular weight is 426 g/mol. The Balaban J connectivity index is 1.43. The molecule has 3 aromatic rings. The van der Waals surface area contributed by atoms with Crippen LogP contribution in [0.4, 0.5) is 5.13 Å². The number of para-hydroxylation sites is 1. The molecule has 2 aromatic carbocycles. The van der Waals surface area contributed by atoms with Crippen molar-refractivity contribution in [3.05, 3.63) is 54.1 Å². The van der Waals surface area contributed by atoms with Crippen LogP contribution in [-0.4, -0.2) is 61.8 Å². The normalized spacial score (nSPS) is 14.7. The topological polar surface area (TPSA) is 54.9 Å². The number of benzene rings is 2. The van der Waals surface area contributed by atoms with E-state index in [1.54, 1.807) is 16.2 Å². The van der Waals surface area contributed by atoms with Crippen LogP contribution in [0.1, 0.15) is 12.0 Å². The van der Waals surface area contributed by atoms with Gasteiger partial charge in [-0.05, 0) is 37.6 Å². The average Bonchev–Trinajstić information content (AvgIpc) is 3.20. The first-order chi connectivity index (χ1) is 14.7. The van der Waals surface area contributed by atoms with E-state index in [4.69, 9.17) is 14.5 Å². The molecule has 30 heavy (non-hydrogen) atoms. The molecule has 4 rings (SSSR count). The minimum atomic E-state index is -0.0726. The van der Waals surface area contributed by atoms with Gasteiger partial charge >= 0.3 is 0 Å². The van der Waals surface area contributed by atoms with Gasteiger partial charge in [-0.1, -0.05) is 41.2 Å². The molecule has 0 atom stereocenters. The Labute approximate surface area is 181 Å². The Hall–Kier alpha value is -2.48.